The van der Waals surface area contributed by atoms with Gasteiger partial charge in [-0.15, -0.1) is 0 Å². The lowest BCUT2D eigenvalue weighted by Gasteiger charge is -2.34. The third-order valence-corrected chi connectivity index (χ3v) is 5.69. The summed E-state index contributed by atoms with van der Waals surface area (Å²) in [5, 5.41) is 0. The standard InChI is InChI=1S/C23H33N3O3/c1-20(27)26(19-22-10-6-18-29-22)13-11-23(28)25-16-14-24(15-17-25)12-5-9-21-7-3-2-4-8-21/h2-5,7-9,22H,6,10-19H2,1H3/b9-5+. The molecule has 0 bridgehead atoms. The van der Waals surface area contributed by atoms with Gasteiger partial charge in [-0.1, -0.05) is 42.5 Å². The Balaban J connectivity index is 1.36. The quantitative estimate of drug-likeness (QED) is 0.673. The molecule has 29 heavy (non-hydrogen) atoms. The Morgan fingerprint density at radius 2 is 1.93 bits per heavy atom. The highest BCUT2D eigenvalue weighted by Crippen LogP contribution is 2.14. The van der Waals surface area contributed by atoms with E-state index in [1.807, 2.05) is 23.1 Å². The Morgan fingerprint density at radius 3 is 2.59 bits per heavy atom. The van der Waals surface area contributed by atoms with Crippen LogP contribution in [0.15, 0.2) is 36.4 Å². The van der Waals surface area contributed by atoms with Gasteiger partial charge in [0.05, 0.1) is 6.10 Å². The van der Waals surface area contributed by atoms with E-state index in [1.165, 1.54) is 5.56 Å². The van der Waals surface area contributed by atoms with Crippen LogP contribution in [0.25, 0.3) is 6.08 Å². The molecule has 0 spiro atoms. The van der Waals surface area contributed by atoms with E-state index in [4.69, 9.17) is 4.74 Å². The second kappa shape index (κ2) is 11.1. The fourth-order valence-corrected chi connectivity index (χ4v) is 3.88. The first kappa shape index (κ1) is 21.5. The van der Waals surface area contributed by atoms with Crippen molar-refractivity contribution in [3.8, 4) is 0 Å². The number of carbonyl (C=O) groups excluding carboxylic acids is 2. The van der Waals surface area contributed by atoms with Crippen LogP contribution in [0, 0.1) is 0 Å². The molecule has 3 rings (SSSR count). The van der Waals surface area contributed by atoms with E-state index in [9.17, 15) is 9.59 Å². The van der Waals surface area contributed by atoms with Gasteiger partial charge in [0.15, 0.2) is 0 Å². The van der Waals surface area contributed by atoms with Crippen molar-refractivity contribution in [1.29, 1.82) is 0 Å². The van der Waals surface area contributed by atoms with Crippen LogP contribution in [-0.4, -0.2) is 85.0 Å². The Labute approximate surface area is 174 Å². The lowest BCUT2D eigenvalue weighted by atomic mass is 10.2. The van der Waals surface area contributed by atoms with Gasteiger partial charge < -0.3 is 14.5 Å². The molecule has 1 aromatic carbocycles. The van der Waals surface area contributed by atoms with Crippen molar-refractivity contribution in [2.45, 2.75) is 32.3 Å². The van der Waals surface area contributed by atoms with Crippen LogP contribution >= 0.6 is 0 Å². The zero-order valence-corrected chi connectivity index (χ0v) is 17.5. The summed E-state index contributed by atoms with van der Waals surface area (Å²) in [5.74, 6) is 0.159. The van der Waals surface area contributed by atoms with E-state index in [0.717, 1.165) is 52.2 Å². The average molecular weight is 400 g/mol. The van der Waals surface area contributed by atoms with Crippen molar-refractivity contribution in [1.82, 2.24) is 14.7 Å². The number of carbonyl (C=O) groups is 2. The topological polar surface area (TPSA) is 53.1 Å². The Bertz CT molecular complexity index is 678. The number of ether oxygens (including phenoxy) is 1. The van der Waals surface area contributed by atoms with Crippen LogP contribution < -0.4 is 0 Å². The molecule has 2 aliphatic rings. The van der Waals surface area contributed by atoms with E-state index in [0.29, 0.717) is 19.5 Å². The summed E-state index contributed by atoms with van der Waals surface area (Å²) in [7, 11) is 0. The van der Waals surface area contributed by atoms with Gasteiger partial charge in [0.2, 0.25) is 11.8 Å². The van der Waals surface area contributed by atoms with Gasteiger partial charge in [0.25, 0.3) is 0 Å². The molecular formula is C23H33N3O3. The van der Waals surface area contributed by atoms with E-state index >= 15 is 0 Å². The molecule has 0 aliphatic carbocycles. The number of nitrogens with zero attached hydrogens (tertiary/aromatic N) is 3. The second-order valence-electron chi connectivity index (χ2n) is 7.84. The highest BCUT2D eigenvalue weighted by molar-refractivity contribution is 5.78. The first-order valence-corrected chi connectivity index (χ1v) is 10.7. The lowest BCUT2D eigenvalue weighted by molar-refractivity contribution is -0.135. The first-order valence-electron chi connectivity index (χ1n) is 10.7. The number of benzene rings is 1. The maximum Gasteiger partial charge on any atom is 0.224 e. The summed E-state index contributed by atoms with van der Waals surface area (Å²) in [5.41, 5.74) is 1.21. The van der Waals surface area contributed by atoms with Gasteiger partial charge in [-0.3, -0.25) is 14.5 Å². The third-order valence-electron chi connectivity index (χ3n) is 5.69. The Morgan fingerprint density at radius 1 is 1.17 bits per heavy atom. The summed E-state index contributed by atoms with van der Waals surface area (Å²) in [6, 6.07) is 10.3. The molecule has 0 saturated carbocycles. The summed E-state index contributed by atoms with van der Waals surface area (Å²) in [6.07, 6.45) is 6.89. The predicted octanol–water partition coefficient (Wildman–Crippen LogP) is 2.26. The van der Waals surface area contributed by atoms with Crippen LogP contribution in [0.5, 0.6) is 0 Å². The molecule has 2 aliphatic heterocycles. The SMILES string of the molecule is CC(=O)N(CCC(=O)N1CCN(C/C=C/c2ccccc2)CC1)CC1CCCO1. The van der Waals surface area contributed by atoms with E-state index in [1.54, 1.807) is 11.8 Å². The molecule has 0 N–H and O–H groups in total. The smallest absolute Gasteiger partial charge is 0.224 e. The lowest BCUT2D eigenvalue weighted by Crippen LogP contribution is -2.49. The largest absolute Gasteiger partial charge is 0.376 e. The number of hydrogen-bond donors (Lipinski definition) is 0. The van der Waals surface area contributed by atoms with Crippen molar-refractivity contribution in [2.75, 3.05) is 52.4 Å². The van der Waals surface area contributed by atoms with Crippen LogP contribution in [0.1, 0.15) is 31.7 Å². The van der Waals surface area contributed by atoms with Crippen molar-refractivity contribution < 1.29 is 14.3 Å². The van der Waals surface area contributed by atoms with Gasteiger partial charge in [0, 0.05) is 65.8 Å². The zero-order valence-electron chi connectivity index (χ0n) is 17.5. The molecule has 1 unspecified atom stereocenters. The highest BCUT2D eigenvalue weighted by Gasteiger charge is 2.24. The minimum absolute atomic E-state index is 0.0170. The van der Waals surface area contributed by atoms with Crippen LogP contribution in [-0.2, 0) is 14.3 Å². The Kier molecular flexibility index (Phi) is 8.25. The highest BCUT2D eigenvalue weighted by atomic mass is 16.5. The molecule has 0 aromatic heterocycles. The van der Waals surface area contributed by atoms with Gasteiger partial charge in [-0.05, 0) is 18.4 Å². The molecule has 2 heterocycles. The third kappa shape index (κ3) is 6.98. The van der Waals surface area contributed by atoms with Crippen molar-refractivity contribution in [3.63, 3.8) is 0 Å². The molecule has 6 heteroatoms. The number of amides is 2. The number of piperazine rings is 1. The normalized spacial score (nSPS) is 20.3. The Hall–Kier alpha value is -2.18. The summed E-state index contributed by atoms with van der Waals surface area (Å²) in [4.78, 5) is 30.5. The monoisotopic (exact) mass is 399 g/mol. The number of hydrogen-bond acceptors (Lipinski definition) is 4. The van der Waals surface area contributed by atoms with E-state index < -0.39 is 0 Å². The molecule has 1 atom stereocenters. The molecule has 2 saturated heterocycles. The zero-order chi connectivity index (χ0) is 20.5. The second-order valence-corrected chi connectivity index (χ2v) is 7.84. The number of rotatable bonds is 8. The maximum atomic E-state index is 12.6. The molecule has 2 amide bonds. The molecular weight excluding hydrogens is 366 g/mol. The van der Waals surface area contributed by atoms with Crippen LogP contribution in [0.3, 0.4) is 0 Å². The van der Waals surface area contributed by atoms with Crippen LogP contribution in [0.2, 0.25) is 0 Å². The van der Waals surface area contributed by atoms with Crippen LogP contribution in [0.4, 0.5) is 0 Å². The minimum Gasteiger partial charge on any atom is -0.376 e. The average Bonchev–Trinajstić information content (AvgIpc) is 3.25. The first-order chi connectivity index (χ1) is 14.1. The van der Waals surface area contributed by atoms with Gasteiger partial charge in [0.1, 0.15) is 0 Å². The maximum absolute atomic E-state index is 12.6. The van der Waals surface area contributed by atoms with Crippen molar-refractivity contribution >= 4 is 17.9 Å². The molecule has 1 aromatic rings. The van der Waals surface area contributed by atoms with Gasteiger partial charge in [-0.25, -0.2) is 0 Å². The summed E-state index contributed by atoms with van der Waals surface area (Å²) < 4.78 is 5.63. The summed E-state index contributed by atoms with van der Waals surface area (Å²) >= 11 is 0. The molecule has 158 valence electrons. The minimum atomic E-state index is 0.0170. The van der Waals surface area contributed by atoms with E-state index in [-0.39, 0.29) is 17.9 Å². The predicted molar refractivity (Wildman–Crippen MR) is 114 cm³/mol. The van der Waals surface area contributed by atoms with Crippen molar-refractivity contribution in [3.05, 3.63) is 42.0 Å². The molecule has 0 radical (unpaired) electrons. The molecule has 2 fully saturated rings. The summed E-state index contributed by atoms with van der Waals surface area (Å²) in [6.45, 7) is 7.61. The fourth-order valence-electron chi connectivity index (χ4n) is 3.88. The van der Waals surface area contributed by atoms with E-state index in [2.05, 4.69) is 29.2 Å². The van der Waals surface area contributed by atoms with Gasteiger partial charge in [-0.2, -0.15) is 0 Å². The molecule has 6 nitrogen and oxygen atoms in total. The van der Waals surface area contributed by atoms with Gasteiger partial charge >= 0.3 is 0 Å². The fraction of sp³-hybridized carbons (Fsp3) is 0.565. The van der Waals surface area contributed by atoms with Crippen molar-refractivity contribution in [2.24, 2.45) is 0 Å².